The lowest BCUT2D eigenvalue weighted by atomic mass is 10.1. The van der Waals surface area contributed by atoms with Gasteiger partial charge in [-0.15, -0.1) is 0 Å². The van der Waals surface area contributed by atoms with E-state index in [1.54, 1.807) is 30.3 Å². The van der Waals surface area contributed by atoms with E-state index in [2.05, 4.69) is 9.71 Å². The summed E-state index contributed by atoms with van der Waals surface area (Å²) in [7, 11) is -3.84. The molecule has 0 aliphatic heterocycles. The molecule has 1 aromatic heterocycles. The van der Waals surface area contributed by atoms with E-state index in [-0.39, 0.29) is 16.5 Å². The first-order chi connectivity index (χ1) is 14.4. The standard InChI is InChI=1S/C23H19ClN2O3S/c1-16-12-13-19(20(24)14-16)22-23(26-30(27,28)18-10-6-3-7-11-18)25-21(29-22)15-17-8-4-2-5-9-17/h2-14,26H,15H2,1H3. The van der Waals surface area contributed by atoms with Crippen molar-refractivity contribution in [3.8, 4) is 11.3 Å². The minimum absolute atomic E-state index is 0.107. The van der Waals surface area contributed by atoms with Crippen molar-refractivity contribution in [2.24, 2.45) is 0 Å². The second-order valence-corrected chi connectivity index (χ2v) is 8.94. The van der Waals surface area contributed by atoms with Crippen LogP contribution in [-0.2, 0) is 16.4 Å². The number of nitrogens with zero attached hydrogens (tertiary/aromatic N) is 1. The van der Waals surface area contributed by atoms with E-state index in [4.69, 9.17) is 16.0 Å². The fraction of sp³-hybridized carbons (Fsp3) is 0.0870. The summed E-state index contributed by atoms with van der Waals surface area (Å²) in [6.45, 7) is 1.93. The molecule has 0 amide bonds. The Morgan fingerprint density at radius 1 is 0.967 bits per heavy atom. The van der Waals surface area contributed by atoms with Crippen LogP contribution in [0.1, 0.15) is 17.0 Å². The van der Waals surface area contributed by atoms with Crippen LogP contribution in [0.2, 0.25) is 5.02 Å². The molecule has 0 aliphatic carbocycles. The highest BCUT2D eigenvalue weighted by Crippen LogP contribution is 2.36. The van der Waals surface area contributed by atoms with Crippen LogP contribution < -0.4 is 4.72 Å². The number of sulfonamides is 1. The first kappa shape index (κ1) is 20.2. The summed E-state index contributed by atoms with van der Waals surface area (Å²) in [5.41, 5.74) is 2.55. The number of hydrogen-bond donors (Lipinski definition) is 1. The normalized spacial score (nSPS) is 11.4. The molecule has 5 nitrogen and oxygen atoms in total. The Morgan fingerprint density at radius 3 is 2.30 bits per heavy atom. The van der Waals surface area contributed by atoms with E-state index in [0.717, 1.165) is 11.1 Å². The molecule has 0 saturated carbocycles. The van der Waals surface area contributed by atoms with Gasteiger partial charge in [-0.25, -0.2) is 8.42 Å². The van der Waals surface area contributed by atoms with Gasteiger partial charge in [0.2, 0.25) is 5.89 Å². The van der Waals surface area contributed by atoms with Crippen molar-refractivity contribution in [2.75, 3.05) is 4.72 Å². The lowest BCUT2D eigenvalue weighted by Crippen LogP contribution is -2.13. The van der Waals surface area contributed by atoms with Crippen molar-refractivity contribution >= 4 is 27.4 Å². The Hall–Kier alpha value is -3.09. The van der Waals surface area contributed by atoms with Crippen LogP contribution in [0.5, 0.6) is 0 Å². The number of aryl methyl sites for hydroxylation is 1. The van der Waals surface area contributed by atoms with E-state index in [0.29, 0.717) is 22.9 Å². The first-order valence-corrected chi connectivity index (χ1v) is 11.2. The van der Waals surface area contributed by atoms with Gasteiger partial charge < -0.3 is 4.42 Å². The number of oxazole rings is 1. The van der Waals surface area contributed by atoms with Crippen LogP contribution in [0.4, 0.5) is 5.82 Å². The molecule has 1 N–H and O–H groups in total. The fourth-order valence-corrected chi connectivity index (χ4v) is 4.40. The van der Waals surface area contributed by atoms with Crippen molar-refractivity contribution in [1.82, 2.24) is 4.98 Å². The maximum absolute atomic E-state index is 12.9. The van der Waals surface area contributed by atoms with E-state index in [9.17, 15) is 8.42 Å². The van der Waals surface area contributed by atoms with Gasteiger partial charge in [-0.3, -0.25) is 4.72 Å². The number of benzene rings is 3. The molecular weight excluding hydrogens is 420 g/mol. The summed E-state index contributed by atoms with van der Waals surface area (Å²) < 4.78 is 34.3. The Morgan fingerprint density at radius 2 is 1.63 bits per heavy atom. The average Bonchev–Trinajstić information content (AvgIpc) is 3.10. The summed E-state index contributed by atoms with van der Waals surface area (Å²) in [6.07, 6.45) is 0.421. The summed E-state index contributed by atoms with van der Waals surface area (Å²) in [5.74, 6) is 0.777. The molecule has 0 aliphatic rings. The van der Waals surface area contributed by atoms with Crippen LogP contribution >= 0.6 is 11.6 Å². The van der Waals surface area contributed by atoms with Crippen LogP contribution in [0, 0.1) is 6.92 Å². The van der Waals surface area contributed by atoms with Crippen molar-refractivity contribution in [3.63, 3.8) is 0 Å². The summed E-state index contributed by atoms with van der Waals surface area (Å²) in [5, 5.41) is 0.456. The summed E-state index contributed by atoms with van der Waals surface area (Å²) in [6, 6.07) is 23.3. The highest BCUT2D eigenvalue weighted by atomic mass is 35.5. The predicted molar refractivity (Wildman–Crippen MR) is 118 cm³/mol. The smallest absolute Gasteiger partial charge is 0.263 e. The van der Waals surface area contributed by atoms with E-state index >= 15 is 0 Å². The van der Waals surface area contributed by atoms with E-state index in [1.165, 1.54) is 12.1 Å². The second kappa shape index (κ2) is 8.34. The number of aromatic nitrogens is 1. The third kappa shape index (κ3) is 4.40. The van der Waals surface area contributed by atoms with Gasteiger partial charge in [0, 0.05) is 12.0 Å². The van der Waals surface area contributed by atoms with Gasteiger partial charge in [-0.1, -0.05) is 66.2 Å². The molecule has 0 spiro atoms. The first-order valence-electron chi connectivity index (χ1n) is 9.30. The number of nitrogens with one attached hydrogen (secondary N) is 1. The van der Waals surface area contributed by atoms with E-state index in [1.807, 2.05) is 43.3 Å². The Labute approximate surface area is 180 Å². The fourth-order valence-electron chi connectivity index (χ4n) is 3.05. The number of hydrogen-bond acceptors (Lipinski definition) is 4. The molecular formula is C23H19ClN2O3S. The van der Waals surface area contributed by atoms with Crippen molar-refractivity contribution < 1.29 is 12.8 Å². The highest BCUT2D eigenvalue weighted by molar-refractivity contribution is 7.92. The number of rotatable bonds is 6. The molecule has 0 saturated heterocycles. The molecule has 3 aromatic carbocycles. The molecule has 1 heterocycles. The molecule has 0 radical (unpaired) electrons. The van der Waals surface area contributed by atoms with Crippen LogP contribution in [0.3, 0.4) is 0 Å². The van der Waals surface area contributed by atoms with Gasteiger partial charge in [-0.05, 0) is 42.3 Å². The molecule has 152 valence electrons. The molecule has 0 fully saturated rings. The predicted octanol–water partition coefficient (Wildman–Crippen LogP) is 5.70. The molecule has 0 unspecified atom stereocenters. The van der Waals surface area contributed by atoms with Crippen molar-refractivity contribution in [2.45, 2.75) is 18.2 Å². The van der Waals surface area contributed by atoms with Crippen LogP contribution in [-0.4, -0.2) is 13.4 Å². The monoisotopic (exact) mass is 438 g/mol. The molecule has 7 heteroatoms. The summed E-state index contributed by atoms with van der Waals surface area (Å²) >= 11 is 6.43. The summed E-state index contributed by atoms with van der Waals surface area (Å²) in [4.78, 5) is 4.58. The lowest BCUT2D eigenvalue weighted by molar-refractivity contribution is 0.519. The third-order valence-electron chi connectivity index (χ3n) is 4.52. The SMILES string of the molecule is Cc1ccc(-c2oc(Cc3ccccc3)nc2NS(=O)(=O)c2ccccc2)c(Cl)c1. The molecule has 0 atom stereocenters. The maximum Gasteiger partial charge on any atom is 0.263 e. The molecule has 30 heavy (non-hydrogen) atoms. The zero-order chi connectivity index (χ0) is 21.1. The number of halogens is 1. The topological polar surface area (TPSA) is 72.2 Å². The van der Waals surface area contributed by atoms with Crippen molar-refractivity contribution in [1.29, 1.82) is 0 Å². The average molecular weight is 439 g/mol. The third-order valence-corrected chi connectivity index (χ3v) is 6.19. The maximum atomic E-state index is 12.9. The minimum Gasteiger partial charge on any atom is -0.438 e. The van der Waals surface area contributed by atoms with Gasteiger partial charge in [0.15, 0.2) is 11.6 Å². The van der Waals surface area contributed by atoms with E-state index < -0.39 is 10.0 Å². The largest absolute Gasteiger partial charge is 0.438 e. The van der Waals surface area contributed by atoms with Crippen LogP contribution in [0.15, 0.2) is 88.2 Å². The molecule has 4 rings (SSSR count). The Balaban J connectivity index is 1.77. The van der Waals surface area contributed by atoms with Gasteiger partial charge in [0.25, 0.3) is 10.0 Å². The van der Waals surface area contributed by atoms with Gasteiger partial charge in [0.05, 0.1) is 9.92 Å². The molecule has 0 bridgehead atoms. The second-order valence-electron chi connectivity index (χ2n) is 6.85. The zero-order valence-corrected chi connectivity index (χ0v) is 17.7. The Kier molecular flexibility index (Phi) is 5.61. The lowest BCUT2D eigenvalue weighted by Gasteiger charge is -2.08. The van der Waals surface area contributed by atoms with Gasteiger partial charge in [-0.2, -0.15) is 4.98 Å². The van der Waals surface area contributed by atoms with Gasteiger partial charge in [0.1, 0.15) is 0 Å². The number of anilines is 1. The Bertz CT molecular complexity index is 1270. The van der Waals surface area contributed by atoms with Crippen LogP contribution in [0.25, 0.3) is 11.3 Å². The highest BCUT2D eigenvalue weighted by Gasteiger charge is 2.23. The van der Waals surface area contributed by atoms with Crippen molar-refractivity contribution in [3.05, 3.63) is 101 Å². The van der Waals surface area contributed by atoms with Gasteiger partial charge >= 0.3 is 0 Å². The molecule has 4 aromatic rings. The minimum atomic E-state index is -3.84. The quantitative estimate of drug-likeness (QED) is 0.419. The zero-order valence-electron chi connectivity index (χ0n) is 16.2.